The van der Waals surface area contributed by atoms with Gasteiger partial charge in [0.1, 0.15) is 0 Å². The molecular weight excluding hydrogens is 577 g/mol. The molecule has 0 heterocycles. The van der Waals surface area contributed by atoms with Crippen molar-refractivity contribution in [2.45, 2.75) is 0 Å². The molecule has 0 amide bonds. The van der Waals surface area contributed by atoms with Crippen molar-refractivity contribution in [2.75, 3.05) is 0 Å². The monoisotopic (exact) mass is 608 g/mol. The van der Waals surface area contributed by atoms with Gasteiger partial charge in [0.25, 0.3) is 0 Å². The largest absolute Gasteiger partial charge is 0.0622 e. The molecule has 0 aromatic heterocycles. The standard InChI is InChI=1S/C48H32/c1-3-15-33(16-4-1)41-30-29-38(32-46(41)37-22-13-21-36(31-37)40-28-14-20-34-17-7-8-23-39(34)40)48-44-26-11-9-24-42(44)47(35-18-5-2-6-19-35)43-25-10-12-27-45(43)48/h1-32H. The summed E-state index contributed by atoms with van der Waals surface area (Å²) in [5.74, 6) is 0. The lowest BCUT2D eigenvalue weighted by Gasteiger charge is -2.19. The Balaban J connectivity index is 1.31. The van der Waals surface area contributed by atoms with E-state index in [1.54, 1.807) is 0 Å². The van der Waals surface area contributed by atoms with Gasteiger partial charge < -0.3 is 0 Å². The molecule has 0 aliphatic rings. The molecule has 0 saturated carbocycles. The van der Waals surface area contributed by atoms with Gasteiger partial charge in [-0.25, -0.2) is 0 Å². The molecule has 0 N–H and O–H groups in total. The predicted molar refractivity (Wildman–Crippen MR) is 206 cm³/mol. The van der Waals surface area contributed by atoms with Crippen LogP contribution in [0.25, 0.3) is 88.0 Å². The van der Waals surface area contributed by atoms with Crippen LogP contribution in [0, 0.1) is 0 Å². The van der Waals surface area contributed by atoms with Crippen LogP contribution in [0.15, 0.2) is 194 Å². The van der Waals surface area contributed by atoms with E-state index in [0.717, 1.165) is 0 Å². The Morgan fingerprint density at radius 2 is 0.667 bits per heavy atom. The molecule has 0 atom stereocenters. The first kappa shape index (κ1) is 28.0. The van der Waals surface area contributed by atoms with Crippen LogP contribution in [-0.4, -0.2) is 0 Å². The molecule has 0 bridgehead atoms. The molecule has 0 heteroatoms. The van der Waals surface area contributed by atoms with Crippen LogP contribution in [0.5, 0.6) is 0 Å². The Bertz CT molecular complexity index is 2530. The van der Waals surface area contributed by atoms with E-state index in [-0.39, 0.29) is 0 Å². The van der Waals surface area contributed by atoms with Gasteiger partial charge in [0.05, 0.1) is 0 Å². The molecule has 0 aliphatic carbocycles. The zero-order valence-corrected chi connectivity index (χ0v) is 26.5. The van der Waals surface area contributed by atoms with Gasteiger partial charge in [-0.2, -0.15) is 0 Å². The maximum Gasteiger partial charge on any atom is -0.00261 e. The van der Waals surface area contributed by atoms with Gasteiger partial charge in [-0.3, -0.25) is 0 Å². The maximum atomic E-state index is 2.42. The quantitative estimate of drug-likeness (QED) is 0.171. The van der Waals surface area contributed by atoms with Crippen LogP contribution in [0.1, 0.15) is 0 Å². The average Bonchev–Trinajstić information content (AvgIpc) is 3.17. The van der Waals surface area contributed by atoms with E-state index in [9.17, 15) is 0 Å². The molecule has 0 spiro atoms. The molecule has 9 aromatic carbocycles. The van der Waals surface area contributed by atoms with E-state index in [4.69, 9.17) is 0 Å². The van der Waals surface area contributed by atoms with Crippen molar-refractivity contribution in [3.05, 3.63) is 194 Å². The van der Waals surface area contributed by atoms with E-state index in [0.29, 0.717) is 0 Å². The van der Waals surface area contributed by atoms with Crippen molar-refractivity contribution >= 4 is 32.3 Å². The van der Waals surface area contributed by atoms with Crippen LogP contribution in [0.4, 0.5) is 0 Å². The third kappa shape index (κ3) is 4.78. The fourth-order valence-electron chi connectivity index (χ4n) is 7.49. The predicted octanol–water partition coefficient (Wildman–Crippen LogP) is 13.5. The Kier molecular flexibility index (Phi) is 6.91. The lowest BCUT2D eigenvalue weighted by atomic mass is 9.84. The minimum atomic E-state index is 1.20. The average molecular weight is 609 g/mol. The fourth-order valence-corrected chi connectivity index (χ4v) is 7.49. The number of hydrogen-bond donors (Lipinski definition) is 0. The van der Waals surface area contributed by atoms with E-state index in [1.165, 1.54) is 88.0 Å². The summed E-state index contributed by atoms with van der Waals surface area (Å²) < 4.78 is 0. The summed E-state index contributed by atoms with van der Waals surface area (Å²) in [7, 11) is 0. The minimum Gasteiger partial charge on any atom is -0.0622 e. The van der Waals surface area contributed by atoms with Gasteiger partial charge in [0.2, 0.25) is 0 Å². The number of fused-ring (bicyclic) bond motifs is 3. The van der Waals surface area contributed by atoms with Crippen LogP contribution >= 0.6 is 0 Å². The second-order valence-electron chi connectivity index (χ2n) is 12.4. The van der Waals surface area contributed by atoms with E-state index in [1.807, 2.05) is 0 Å². The summed E-state index contributed by atoms with van der Waals surface area (Å²) in [4.78, 5) is 0. The Labute approximate surface area is 281 Å². The zero-order chi connectivity index (χ0) is 31.9. The summed E-state index contributed by atoms with van der Waals surface area (Å²) in [6, 6.07) is 70.7. The van der Waals surface area contributed by atoms with Crippen molar-refractivity contribution in [1.29, 1.82) is 0 Å². The molecule has 0 unspecified atom stereocenters. The molecule has 9 rings (SSSR count). The number of benzene rings is 9. The topological polar surface area (TPSA) is 0 Å². The Morgan fingerprint density at radius 3 is 1.31 bits per heavy atom. The lowest BCUT2D eigenvalue weighted by Crippen LogP contribution is -1.92. The highest BCUT2D eigenvalue weighted by molar-refractivity contribution is 6.21. The molecule has 48 heavy (non-hydrogen) atoms. The summed E-state index contributed by atoms with van der Waals surface area (Å²) >= 11 is 0. The summed E-state index contributed by atoms with van der Waals surface area (Å²) in [5, 5.41) is 7.58. The van der Waals surface area contributed by atoms with Crippen LogP contribution < -0.4 is 0 Å². The van der Waals surface area contributed by atoms with Crippen molar-refractivity contribution in [1.82, 2.24) is 0 Å². The van der Waals surface area contributed by atoms with Gasteiger partial charge in [0, 0.05) is 0 Å². The minimum absolute atomic E-state index is 1.20. The lowest BCUT2D eigenvalue weighted by molar-refractivity contribution is 1.57. The normalized spacial score (nSPS) is 11.3. The number of rotatable bonds is 5. The van der Waals surface area contributed by atoms with Gasteiger partial charge in [-0.05, 0) is 100 Å². The third-order valence-corrected chi connectivity index (χ3v) is 9.66. The van der Waals surface area contributed by atoms with Gasteiger partial charge in [0.15, 0.2) is 0 Å². The molecule has 0 saturated heterocycles. The molecule has 0 radical (unpaired) electrons. The van der Waals surface area contributed by atoms with E-state index >= 15 is 0 Å². The van der Waals surface area contributed by atoms with Gasteiger partial charge in [-0.1, -0.05) is 182 Å². The summed E-state index contributed by atoms with van der Waals surface area (Å²) in [6.45, 7) is 0. The first-order chi connectivity index (χ1) is 23.8. The maximum absolute atomic E-state index is 2.42. The highest BCUT2D eigenvalue weighted by Gasteiger charge is 2.18. The SMILES string of the molecule is c1ccc(-c2ccc(-c3c4ccccc4c(-c4ccccc4)c4ccccc34)cc2-c2cccc(-c3cccc4ccccc34)c2)cc1. The molecule has 0 nitrogen and oxygen atoms in total. The molecule has 0 aliphatic heterocycles. The van der Waals surface area contributed by atoms with Crippen LogP contribution in [0.2, 0.25) is 0 Å². The van der Waals surface area contributed by atoms with Crippen molar-refractivity contribution in [2.24, 2.45) is 0 Å². The summed E-state index contributed by atoms with van der Waals surface area (Å²) in [6.07, 6.45) is 0. The van der Waals surface area contributed by atoms with E-state index < -0.39 is 0 Å². The highest BCUT2D eigenvalue weighted by atomic mass is 14.2. The van der Waals surface area contributed by atoms with Crippen molar-refractivity contribution < 1.29 is 0 Å². The van der Waals surface area contributed by atoms with E-state index in [2.05, 4.69) is 194 Å². The molecule has 224 valence electrons. The zero-order valence-electron chi connectivity index (χ0n) is 26.5. The van der Waals surface area contributed by atoms with Crippen LogP contribution in [-0.2, 0) is 0 Å². The highest BCUT2D eigenvalue weighted by Crippen LogP contribution is 2.45. The Hall–Kier alpha value is -6.24. The molecule has 9 aromatic rings. The smallest absolute Gasteiger partial charge is 0.00261 e. The third-order valence-electron chi connectivity index (χ3n) is 9.66. The first-order valence-electron chi connectivity index (χ1n) is 16.6. The van der Waals surface area contributed by atoms with Gasteiger partial charge in [-0.15, -0.1) is 0 Å². The van der Waals surface area contributed by atoms with Gasteiger partial charge >= 0.3 is 0 Å². The molecule has 0 fully saturated rings. The van der Waals surface area contributed by atoms with Crippen LogP contribution in [0.3, 0.4) is 0 Å². The van der Waals surface area contributed by atoms with Crippen molar-refractivity contribution in [3.63, 3.8) is 0 Å². The van der Waals surface area contributed by atoms with Crippen molar-refractivity contribution in [3.8, 4) is 55.6 Å². The number of hydrogen-bond acceptors (Lipinski definition) is 0. The Morgan fingerprint density at radius 1 is 0.208 bits per heavy atom. The fraction of sp³-hybridized carbons (Fsp3) is 0. The second-order valence-corrected chi connectivity index (χ2v) is 12.4. The second kappa shape index (κ2) is 11.8. The summed E-state index contributed by atoms with van der Waals surface area (Å²) in [5.41, 5.74) is 12.3. The molecular formula is C48H32. The first-order valence-corrected chi connectivity index (χ1v) is 16.6.